The van der Waals surface area contributed by atoms with Gasteiger partial charge in [-0.3, -0.25) is 4.79 Å². The molecule has 0 saturated carbocycles. The molecule has 0 fully saturated rings. The Morgan fingerprint density at radius 1 is 1.38 bits per heavy atom. The van der Waals surface area contributed by atoms with Crippen LogP contribution in [-0.4, -0.2) is 12.5 Å². The highest BCUT2D eigenvalue weighted by molar-refractivity contribution is 5.85. The topological polar surface area (TPSA) is 55.1 Å². The molecule has 0 aliphatic heterocycles. The Morgan fingerprint density at radius 3 is 2.69 bits per heavy atom. The van der Waals surface area contributed by atoms with E-state index in [4.69, 9.17) is 5.73 Å². The van der Waals surface area contributed by atoms with Crippen molar-refractivity contribution in [2.24, 2.45) is 0 Å². The summed E-state index contributed by atoms with van der Waals surface area (Å²) in [7, 11) is 0. The maximum Gasteiger partial charge on any atom is 0.220 e. The van der Waals surface area contributed by atoms with Crippen LogP contribution in [0.15, 0.2) is 24.3 Å². The fourth-order valence-electron chi connectivity index (χ4n) is 1.36. The SMILES string of the molecule is CCCNC(=O)CCc1ccccc1N.Cl. The zero-order valence-corrected chi connectivity index (χ0v) is 10.3. The zero-order chi connectivity index (χ0) is 11.1. The molecule has 3 nitrogen and oxygen atoms in total. The number of nitrogens with one attached hydrogen (secondary N) is 1. The van der Waals surface area contributed by atoms with Gasteiger partial charge in [-0.05, 0) is 24.5 Å². The lowest BCUT2D eigenvalue weighted by atomic mass is 10.1. The standard InChI is InChI=1S/C12H18N2O.ClH/c1-2-9-14-12(15)8-7-10-5-3-4-6-11(10)13;/h3-6H,2,7-9,13H2,1H3,(H,14,15);1H. The lowest BCUT2D eigenvalue weighted by Gasteiger charge is -2.05. The number of rotatable bonds is 5. The number of hydrogen-bond acceptors (Lipinski definition) is 2. The highest BCUT2D eigenvalue weighted by atomic mass is 35.5. The molecule has 0 aliphatic rings. The molecule has 16 heavy (non-hydrogen) atoms. The minimum atomic E-state index is 0. The summed E-state index contributed by atoms with van der Waals surface area (Å²) in [6, 6.07) is 7.66. The van der Waals surface area contributed by atoms with Gasteiger partial charge in [0, 0.05) is 18.7 Å². The van der Waals surface area contributed by atoms with Crippen molar-refractivity contribution in [2.75, 3.05) is 12.3 Å². The second-order valence-corrected chi connectivity index (χ2v) is 3.55. The van der Waals surface area contributed by atoms with Crippen molar-refractivity contribution in [2.45, 2.75) is 26.2 Å². The number of anilines is 1. The molecule has 3 N–H and O–H groups in total. The highest BCUT2D eigenvalue weighted by Crippen LogP contribution is 2.12. The Kier molecular flexibility index (Phi) is 7.38. The van der Waals surface area contributed by atoms with Crippen molar-refractivity contribution in [1.82, 2.24) is 5.32 Å². The lowest BCUT2D eigenvalue weighted by molar-refractivity contribution is -0.121. The van der Waals surface area contributed by atoms with E-state index in [9.17, 15) is 4.79 Å². The minimum absolute atomic E-state index is 0. The molecule has 0 unspecified atom stereocenters. The van der Waals surface area contributed by atoms with Crippen LogP contribution in [0.5, 0.6) is 0 Å². The summed E-state index contributed by atoms with van der Waals surface area (Å²) in [6.45, 7) is 2.79. The molecule has 1 aromatic rings. The molecular formula is C12H19ClN2O. The van der Waals surface area contributed by atoms with Crippen LogP contribution >= 0.6 is 12.4 Å². The van der Waals surface area contributed by atoms with E-state index in [1.807, 2.05) is 31.2 Å². The van der Waals surface area contributed by atoms with Crippen LogP contribution in [0, 0.1) is 0 Å². The number of nitrogens with two attached hydrogens (primary N) is 1. The maximum absolute atomic E-state index is 11.3. The third kappa shape index (κ3) is 5.03. The van der Waals surface area contributed by atoms with Crippen LogP contribution < -0.4 is 11.1 Å². The summed E-state index contributed by atoms with van der Waals surface area (Å²) >= 11 is 0. The van der Waals surface area contributed by atoms with Gasteiger partial charge in [0.25, 0.3) is 0 Å². The first-order valence-electron chi connectivity index (χ1n) is 5.34. The van der Waals surface area contributed by atoms with Gasteiger partial charge in [-0.1, -0.05) is 25.1 Å². The maximum atomic E-state index is 11.3. The van der Waals surface area contributed by atoms with Crippen molar-refractivity contribution in [3.63, 3.8) is 0 Å². The summed E-state index contributed by atoms with van der Waals surface area (Å²) in [5, 5.41) is 2.84. The minimum Gasteiger partial charge on any atom is -0.399 e. The molecule has 4 heteroatoms. The second-order valence-electron chi connectivity index (χ2n) is 3.55. The molecule has 0 aromatic heterocycles. The van der Waals surface area contributed by atoms with Crippen molar-refractivity contribution in [3.8, 4) is 0 Å². The fraction of sp³-hybridized carbons (Fsp3) is 0.417. The van der Waals surface area contributed by atoms with Crippen LogP contribution in [0.4, 0.5) is 5.69 Å². The van der Waals surface area contributed by atoms with E-state index in [0.717, 1.165) is 24.2 Å². The molecule has 0 aliphatic carbocycles. The first-order valence-corrected chi connectivity index (χ1v) is 5.34. The lowest BCUT2D eigenvalue weighted by Crippen LogP contribution is -2.24. The van der Waals surface area contributed by atoms with E-state index in [-0.39, 0.29) is 18.3 Å². The van der Waals surface area contributed by atoms with E-state index in [1.165, 1.54) is 0 Å². The number of carbonyl (C=O) groups is 1. The van der Waals surface area contributed by atoms with Crippen LogP contribution in [0.25, 0.3) is 0 Å². The average Bonchev–Trinajstić information content (AvgIpc) is 2.25. The van der Waals surface area contributed by atoms with Gasteiger partial charge in [0.05, 0.1) is 0 Å². The van der Waals surface area contributed by atoms with E-state index < -0.39 is 0 Å². The van der Waals surface area contributed by atoms with Gasteiger partial charge in [-0.25, -0.2) is 0 Å². The van der Waals surface area contributed by atoms with Crippen LogP contribution in [0.3, 0.4) is 0 Å². The van der Waals surface area contributed by atoms with Crippen LogP contribution in [-0.2, 0) is 11.2 Å². The molecule has 1 amide bonds. The quantitative estimate of drug-likeness (QED) is 0.778. The summed E-state index contributed by atoms with van der Waals surface area (Å²) in [5.41, 5.74) is 7.59. The molecule has 0 bridgehead atoms. The average molecular weight is 243 g/mol. The molecule has 0 atom stereocenters. The molecule has 1 rings (SSSR count). The van der Waals surface area contributed by atoms with Crippen molar-refractivity contribution in [3.05, 3.63) is 29.8 Å². The number of halogens is 1. The Morgan fingerprint density at radius 2 is 2.06 bits per heavy atom. The Hall–Kier alpha value is -1.22. The number of benzene rings is 1. The molecular weight excluding hydrogens is 224 g/mol. The normalized spacial score (nSPS) is 9.31. The van der Waals surface area contributed by atoms with Crippen LogP contribution in [0.2, 0.25) is 0 Å². The van der Waals surface area contributed by atoms with Crippen molar-refractivity contribution >= 4 is 24.0 Å². The summed E-state index contributed by atoms with van der Waals surface area (Å²) in [4.78, 5) is 11.3. The first-order chi connectivity index (χ1) is 7.24. The van der Waals surface area contributed by atoms with Crippen LogP contribution in [0.1, 0.15) is 25.3 Å². The third-order valence-corrected chi connectivity index (χ3v) is 2.25. The monoisotopic (exact) mass is 242 g/mol. The van der Waals surface area contributed by atoms with Gasteiger partial charge < -0.3 is 11.1 Å². The number of nitrogen functional groups attached to an aromatic ring is 1. The number of hydrogen-bond donors (Lipinski definition) is 2. The molecule has 0 radical (unpaired) electrons. The molecule has 0 heterocycles. The van der Waals surface area contributed by atoms with Gasteiger partial charge in [0.15, 0.2) is 0 Å². The Balaban J connectivity index is 0.00000225. The van der Waals surface area contributed by atoms with Gasteiger partial charge in [-0.15, -0.1) is 12.4 Å². The smallest absolute Gasteiger partial charge is 0.220 e. The molecule has 0 saturated heterocycles. The predicted octanol–water partition coefficient (Wildman–Crippen LogP) is 2.15. The number of para-hydroxylation sites is 1. The Labute approximate surface area is 103 Å². The van der Waals surface area contributed by atoms with Gasteiger partial charge in [0.1, 0.15) is 0 Å². The number of amides is 1. The predicted molar refractivity (Wildman–Crippen MR) is 69.7 cm³/mol. The van der Waals surface area contributed by atoms with Crippen molar-refractivity contribution < 1.29 is 4.79 Å². The number of carbonyl (C=O) groups excluding carboxylic acids is 1. The number of aryl methyl sites for hydroxylation is 1. The largest absolute Gasteiger partial charge is 0.399 e. The second kappa shape index (κ2) is 7.99. The summed E-state index contributed by atoms with van der Waals surface area (Å²) in [6.07, 6.45) is 2.19. The van der Waals surface area contributed by atoms with E-state index in [0.29, 0.717) is 12.8 Å². The fourth-order valence-corrected chi connectivity index (χ4v) is 1.36. The summed E-state index contributed by atoms with van der Waals surface area (Å²) in [5.74, 6) is 0.0973. The van der Waals surface area contributed by atoms with Crippen molar-refractivity contribution in [1.29, 1.82) is 0 Å². The Bertz CT molecular complexity index is 329. The molecule has 0 spiro atoms. The first kappa shape index (κ1) is 14.8. The van der Waals surface area contributed by atoms with Gasteiger partial charge in [-0.2, -0.15) is 0 Å². The molecule has 1 aromatic carbocycles. The van der Waals surface area contributed by atoms with E-state index in [2.05, 4.69) is 5.32 Å². The van der Waals surface area contributed by atoms with E-state index in [1.54, 1.807) is 0 Å². The van der Waals surface area contributed by atoms with Gasteiger partial charge >= 0.3 is 0 Å². The van der Waals surface area contributed by atoms with E-state index >= 15 is 0 Å². The molecule has 90 valence electrons. The van der Waals surface area contributed by atoms with Gasteiger partial charge in [0.2, 0.25) is 5.91 Å². The third-order valence-electron chi connectivity index (χ3n) is 2.25. The highest BCUT2D eigenvalue weighted by Gasteiger charge is 2.02. The zero-order valence-electron chi connectivity index (χ0n) is 9.53. The summed E-state index contributed by atoms with van der Waals surface area (Å²) < 4.78 is 0.